The number of aromatic nitrogens is 4. The summed E-state index contributed by atoms with van der Waals surface area (Å²) in [6, 6.07) is 0. The minimum Gasteiger partial charge on any atom is -0.229 e. The molecule has 1 aromatic rings. The van der Waals surface area contributed by atoms with E-state index in [-0.39, 0.29) is 0 Å². The molecule has 0 aliphatic carbocycles. The van der Waals surface area contributed by atoms with Gasteiger partial charge in [-0.05, 0) is 17.4 Å². The Balaban J connectivity index is 2.48. The second kappa shape index (κ2) is 2.96. The Morgan fingerprint density at radius 3 is 3.11 bits per heavy atom. The molecule has 0 atom stereocenters. The zero-order valence-corrected chi connectivity index (χ0v) is 5.23. The molecule has 9 heavy (non-hydrogen) atoms. The van der Waals surface area contributed by atoms with Crippen LogP contribution in [0.2, 0.25) is 0 Å². The minimum atomic E-state index is 0.753. The lowest BCUT2D eigenvalue weighted by atomic mass is 10.5. The van der Waals surface area contributed by atoms with Gasteiger partial charge in [0, 0.05) is 0 Å². The predicted octanol–water partition coefficient (Wildman–Crippen LogP) is 0.249. The molecule has 48 valence electrons. The lowest BCUT2D eigenvalue weighted by Crippen LogP contribution is -1.94. The van der Waals surface area contributed by atoms with Gasteiger partial charge in [0.2, 0.25) is 0 Å². The second-order valence-corrected chi connectivity index (χ2v) is 1.60. The van der Waals surface area contributed by atoms with E-state index in [1.165, 1.54) is 0 Å². The summed E-state index contributed by atoms with van der Waals surface area (Å²) < 4.78 is 1.65. The van der Waals surface area contributed by atoms with Crippen LogP contribution in [0.25, 0.3) is 0 Å². The van der Waals surface area contributed by atoms with Crippen molar-refractivity contribution < 1.29 is 0 Å². The van der Waals surface area contributed by atoms with Crippen molar-refractivity contribution >= 4 is 0 Å². The molecule has 0 aliphatic rings. The van der Waals surface area contributed by atoms with Gasteiger partial charge in [-0.3, -0.25) is 0 Å². The van der Waals surface area contributed by atoms with Crippen molar-refractivity contribution in [2.45, 2.75) is 13.5 Å². The molecule has 0 unspecified atom stereocenters. The van der Waals surface area contributed by atoms with Crippen molar-refractivity contribution in [1.29, 1.82) is 0 Å². The molecule has 0 aromatic carbocycles. The zero-order valence-electron chi connectivity index (χ0n) is 5.23. The summed E-state index contributed by atoms with van der Waals surface area (Å²) in [5, 5.41) is 10.6. The largest absolute Gasteiger partial charge is 0.229 e. The smallest absolute Gasteiger partial charge is 0.138 e. The van der Waals surface area contributed by atoms with Gasteiger partial charge in [0.05, 0.1) is 6.54 Å². The average molecular weight is 124 g/mol. The van der Waals surface area contributed by atoms with Crippen LogP contribution in [-0.2, 0) is 6.54 Å². The van der Waals surface area contributed by atoms with Crippen LogP contribution in [0, 0.1) is 0 Å². The summed E-state index contributed by atoms with van der Waals surface area (Å²) >= 11 is 0. The number of nitrogens with zero attached hydrogens (tertiary/aromatic N) is 4. The van der Waals surface area contributed by atoms with Gasteiger partial charge in [-0.2, -0.15) is 0 Å². The monoisotopic (exact) mass is 124 g/mol. The highest BCUT2D eigenvalue weighted by Crippen LogP contribution is 1.78. The molecule has 0 N–H and O–H groups in total. The number of hydrogen-bond acceptors (Lipinski definition) is 3. The Morgan fingerprint density at radius 1 is 1.67 bits per heavy atom. The third-order valence-electron chi connectivity index (χ3n) is 0.920. The molecule has 4 heteroatoms. The standard InChI is InChI=1S/C5H8N4/c1-2-3-4-9-5-6-7-8-9/h2-3,5H,4H2,1H3/b3-2+. The van der Waals surface area contributed by atoms with E-state index in [0.29, 0.717) is 0 Å². The number of tetrazole rings is 1. The molecule has 1 rings (SSSR count). The highest BCUT2D eigenvalue weighted by molar-refractivity contribution is 4.76. The maximum Gasteiger partial charge on any atom is 0.138 e. The summed E-state index contributed by atoms with van der Waals surface area (Å²) in [7, 11) is 0. The molecule has 0 bridgehead atoms. The van der Waals surface area contributed by atoms with E-state index in [1.54, 1.807) is 11.0 Å². The highest BCUT2D eigenvalue weighted by Gasteiger charge is 1.83. The molecule has 1 aromatic heterocycles. The lowest BCUT2D eigenvalue weighted by Gasteiger charge is -1.86. The first kappa shape index (κ1) is 5.94. The van der Waals surface area contributed by atoms with Crippen molar-refractivity contribution in [3.63, 3.8) is 0 Å². The van der Waals surface area contributed by atoms with E-state index in [0.717, 1.165) is 6.54 Å². The van der Waals surface area contributed by atoms with Crippen LogP contribution in [0.3, 0.4) is 0 Å². The van der Waals surface area contributed by atoms with E-state index in [1.807, 2.05) is 19.1 Å². The van der Waals surface area contributed by atoms with Crippen molar-refractivity contribution in [3.8, 4) is 0 Å². The van der Waals surface area contributed by atoms with Gasteiger partial charge in [0.1, 0.15) is 6.33 Å². The van der Waals surface area contributed by atoms with Crippen LogP contribution in [0.4, 0.5) is 0 Å². The number of rotatable bonds is 2. The summed E-state index contributed by atoms with van der Waals surface area (Å²) in [5.74, 6) is 0. The minimum absolute atomic E-state index is 0.753. The SMILES string of the molecule is C/C=C/Cn1cnnn1. The third kappa shape index (κ3) is 1.64. The van der Waals surface area contributed by atoms with E-state index >= 15 is 0 Å². The molecule has 0 radical (unpaired) electrons. The Labute approximate surface area is 53.2 Å². The summed E-state index contributed by atoms with van der Waals surface area (Å²) in [6.07, 6.45) is 5.53. The molecule has 0 aliphatic heterocycles. The van der Waals surface area contributed by atoms with Crippen LogP contribution in [0.15, 0.2) is 18.5 Å². The maximum atomic E-state index is 3.66. The van der Waals surface area contributed by atoms with Crippen LogP contribution < -0.4 is 0 Å². The van der Waals surface area contributed by atoms with Gasteiger partial charge in [-0.15, -0.1) is 5.10 Å². The van der Waals surface area contributed by atoms with E-state index < -0.39 is 0 Å². The first-order chi connectivity index (χ1) is 4.43. The van der Waals surface area contributed by atoms with Crippen LogP contribution in [0.5, 0.6) is 0 Å². The molecule has 0 fully saturated rings. The molecule has 0 saturated heterocycles. The van der Waals surface area contributed by atoms with Gasteiger partial charge < -0.3 is 0 Å². The van der Waals surface area contributed by atoms with Gasteiger partial charge in [-0.25, -0.2) is 4.68 Å². The zero-order chi connectivity index (χ0) is 6.53. The number of hydrogen-bond donors (Lipinski definition) is 0. The summed E-state index contributed by atoms with van der Waals surface area (Å²) in [4.78, 5) is 0. The first-order valence-corrected chi connectivity index (χ1v) is 2.75. The van der Waals surface area contributed by atoms with Gasteiger partial charge in [-0.1, -0.05) is 12.2 Å². The van der Waals surface area contributed by atoms with E-state index in [9.17, 15) is 0 Å². The third-order valence-corrected chi connectivity index (χ3v) is 0.920. The van der Waals surface area contributed by atoms with Gasteiger partial charge in [0.15, 0.2) is 0 Å². The van der Waals surface area contributed by atoms with Gasteiger partial charge >= 0.3 is 0 Å². The van der Waals surface area contributed by atoms with Crippen LogP contribution in [0.1, 0.15) is 6.92 Å². The molecular formula is C5H8N4. The van der Waals surface area contributed by atoms with Crippen LogP contribution >= 0.6 is 0 Å². The van der Waals surface area contributed by atoms with Crippen molar-refractivity contribution in [2.75, 3.05) is 0 Å². The second-order valence-electron chi connectivity index (χ2n) is 1.60. The fourth-order valence-electron chi connectivity index (χ4n) is 0.477. The molecular weight excluding hydrogens is 116 g/mol. The quantitative estimate of drug-likeness (QED) is 0.531. The van der Waals surface area contributed by atoms with E-state index in [2.05, 4.69) is 15.5 Å². The summed E-state index contributed by atoms with van der Waals surface area (Å²) in [6.45, 7) is 2.72. The summed E-state index contributed by atoms with van der Waals surface area (Å²) in [5.41, 5.74) is 0. The van der Waals surface area contributed by atoms with Crippen molar-refractivity contribution in [1.82, 2.24) is 20.2 Å². The normalized spacial score (nSPS) is 10.8. The topological polar surface area (TPSA) is 43.6 Å². The molecule has 4 nitrogen and oxygen atoms in total. The van der Waals surface area contributed by atoms with Gasteiger partial charge in [0.25, 0.3) is 0 Å². The van der Waals surface area contributed by atoms with E-state index in [4.69, 9.17) is 0 Å². The van der Waals surface area contributed by atoms with Crippen LogP contribution in [-0.4, -0.2) is 20.2 Å². The Hall–Kier alpha value is -1.19. The fraction of sp³-hybridized carbons (Fsp3) is 0.400. The Kier molecular flexibility index (Phi) is 1.95. The Bertz CT molecular complexity index is 177. The lowest BCUT2D eigenvalue weighted by molar-refractivity contribution is 0.659. The van der Waals surface area contributed by atoms with Crippen molar-refractivity contribution in [2.24, 2.45) is 0 Å². The predicted molar refractivity (Wildman–Crippen MR) is 32.6 cm³/mol. The first-order valence-electron chi connectivity index (χ1n) is 2.75. The molecule has 0 saturated carbocycles. The Morgan fingerprint density at radius 2 is 2.56 bits per heavy atom. The van der Waals surface area contributed by atoms with Crippen molar-refractivity contribution in [3.05, 3.63) is 18.5 Å². The number of allylic oxidation sites excluding steroid dienone is 2. The molecule has 0 amide bonds. The maximum absolute atomic E-state index is 3.66. The average Bonchev–Trinajstić information content (AvgIpc) is 2.34. The highest BCUT2D eigenvalue weighted by atomic mass is 15.5. The molecule has 0 spiro atoms. The fourth-order valence-corrected chi connectivity index (χ4v) is 0.477. The molecule has 1 heterocycles.